The van der Waals surface area contributed by atoms with Gasteiger partial charge in [0.1, 0.15) is 11.4 Å². The monoisotopic (exact) mass is 286 g/mol. The first-order valence-electron chi connectivity index (χ1n) is 10.5. The van der Waals surface area contributed by atoms with Gasteiger partial charge in [-0.1, -0.05) is 0 Å². The van der Waals surface area contributed by atoms with E-state index in [0.717, 1.165) is 12.3 Å². The summed E-state index contributed by atoms with van der Waals surface area (Å²) in [6.07, 6.45) is 0.880. The van der Waals surface area contributed by atoms with Gasteiger partial charge in [-0.2, -0.15) is 0 Å². The second-order valence-electron chi connectivity index (χ2n) is 4.38. The number of carbonyl (C=O) groups is 1. The van der Waals surface area contributed by atoms with Gasteiger partial charge in [0.2, 0.25) is 0 Å². The number of aryl methyl sites for hydroxylation is 2. The molecular formula is C14H19N3O3. The summed E-state index contributed by atoms with van der Waals surface area (Å²) in [6, 6.07) is 1.13. The van der Waals surface area contributed by atoms with Crippen LogP contribution < -0.4 is 11.2 Å². The fraction of sp³-hybridized carbons (Fsp3) is 0.500. The molecule has 0 amide bonds. The molecule has 0 saturated heterocycles. The molecule has 0 fully saturated rings. The Morgan fingerprint density at radius 3 is 2.85 bits per heavy atom. The molecular weight excluding hydrogens is 258 g/mol. The summed E-state index contributed by atoms with van der Waals surface area (Å²) in [4.78, 5) is 36.8. The van der Waals surface area contributed by atoms with Crippen molar-refractivity contribution in [3.05, 3.63) is 33.1 Å². The van der Waals surface area contributed by atoms with E-state index in [-0.39, 0.29) is 35.8 Å². The number of Topliss-reactive ketones (excluding diaryl/α,β-unsaturated/α-hetero) is 1. The third-order valence-corrected chi connectivity index (χ3v) is 3.00. The Morgan fingerprint density at radius 2 is 2.15 bits per heavy atom. The standard InChI is InChI=1S/C14H19N3O3/c1-10(18)6-4-5-8-17-13(19)11-7-9-15(2)12(11)16(3)14(17)20/h7,9H,4-6,8H2,1-3H3/i1D3,2D3,3D3. The topological polar surface area (TPSA) is 66.0 Å². The number of aromatic nitrogens is 3. The van der Waals surface area contributed by atoms with E-state index in [1.807, 2.05) is 0 Å². The summed E-state index contributed by atoms with van der Waals surface area (Å²) in [5.74, 6) is -0.949. The van der Waals surface area contributed by atoms with E-state index in [9.17, 15) is 14.4 Å². The molecule has 108 valence electrons. The Morgan fingerprint density at radius 1 is 1.30 bits per heavy atom. The fourth-order valence-corrected chi connectivity index (χ4v) is 2.02. The summed E-state index contributed by atoms with van der Waals surface area (Å²) in [6.45, 7) is -8.85. The molecule has 0 aliphatic carbocycles. The molecule has 6 heteroatoms. The fourth-order valence-electron chi connectivity index (χ4n) is 2.02. The van der Waals surface area contributed by atoms with Gasteiger partial charge in [0.05, 0.1) is 5.39 Å². The largest absolute Gasteiger partial charge is 0.337 e. The van der Waals surface area contributed by atoms with Crippen LogP contribution in [0.5, 0.6) is 0 Å². The van der Waals surface area contributed by atoms with Gasteiger partial charge in [0.25, 0.3) is 5.56 Å². The molecule has 2 aromatic rings. The lowest BCUT2D eigenvalue weighted by atomic mass is 10.2. The van der Waals surface area contributed by atoms with E-state index in [2.05, 4.69) is 0 Å². The quantitative estimate of drug-likeness (QED) is 0.764. The van der Waals surface area contributed by atoms with Gasteiger partial charge in [0.15, 0.2) is 0 Å². The van der Waals surface area contributed by atoms with E-state index < -0.39 is 43.5 Å². The summed E-state index contributed by atoms with van der Waals surface area (Å²) in [7, 11) is 0. The normalized spacial score (nSPS) is 19.7. The molecule has 0 radical (unpaired) electrons. The van der Waals surface area contributed by atoms with E-state index in [0.29, 0.717) is 9.13 Å². The van der Waals surface area contributed by atoms with Gasteiger partial charge in [-0.15, -0.1) is 0 Å². The van der Waals surface area contributed by atoms with Gasteiger partial charge >= 0.3 is 5.69 Å². The number of unbranched alkanes of at least 4 members (excludes halogenated alkanes) is 1. The van der Waals surface area contributed by atoms with Crippen LogP contribution in [0.2, 0.25) is 0 Å². The average molecular weight is 286 g/mol. The number of carbonyl (C=O) groups excluding carboxylic acids is 1. The number of fused-ring (bicyclic) bond motifs is 1. The molecule has 2 rings (SSSR count). The van der Waals surface area contributed by atoms with Crippen molar-refractivity contribution in [2.24, 2.45) is 14.0 Å². The van der Waals surface area contributed by atoms with Crippen LogP contribution in [0.15, 0.2) is 21.9 Å². The predicted octanol–water partition coefficient (Wildman–Crippen LogP) is 0.798. The highest BCUT2D eigenvalue weighted by molar-refractivity contribution is 5.75. The molecule has 0 atom stereocenters. The van der Waals surface area contributed by atoms with Gasteiger partial charge < -0.3 is 9.36 Å². The van der Waals surface area contributed by atoms with Crippen molar-refractivity contribution in [2.75, 3.05) is 0 Å². The first-order valence-corrected chi connectivity index (χ1v) is 5.98. The summed E-state index contributed by atoms with van der Waals surface area (Å²) >= 11 is 0. The molecule has 0 aliphatic heterocycles. The maximum atomic E-state index is 12.7. The molecule has 0 N–H and O–H groups in total. The van der Waals surface area contributed by atoms with Crippen LogP contribution in [-0.4, -0.2) is 19.5 Å². The van der Waals surface area contributed by atoms with E-state index in [1.165, 1.54) is 0 Å². The number of ketones is 1. The molecule has 0 aliphatic rings. The first kappa shape index (κ1) is 6.56. The smallest absolute Gasteiger partial charge is 0.332 e. The first-order chi connectivity index (χ1) is 13.1. The minimum atomic E-state index is -3.05. The number of hydrogen-bond acceptors (Lipinski definition) is 3. The molecule has 0 bridgehead atoms. The Hall–Kier alpha value is -2.11. The van der Waals surface area contributed by atoms with Gasteiger partial charge in [0, 0.05) is 45.5 Å². The lowest BCUT2D eigenvalue weighted by molar-refractivity contribution is -0.117. The third kappa shape index (κ3) is 2.45. The second kappa shape index (κ2) is 5.48. The van der Waals surface area contributed by atoms with Gasteiger partial charge in [-0.25, -0.2) is 4.79 Å². The Balaban J connectivity index is 2.50. The molecule has 0 saturated carbocycles. The van der Waals surface area contributed by atoms with Gasteiger partial charge in [-0.3, -0.25) is 13.9 Å². The number of rotatable bonds is 5. The highest BCUT2D eigenvalue weighted by Crippen LogP contribution is 2.07. The molecule has 0 spiro atoms. The van der Waals surface area contributed by atoms with Crippen LogP contribution in [0.25, 0.3) is 11.0 Å². The van der Waals surface area contributed by atoms with Crippen molar-refractivity contribution in [2.45, 2.75) is 32.7 Å². The summed E-state index contributed by atoms with van der Waals surface area (Å²) in [5, 5.41) is -0.254. The van der Waals surface area contributed by atoms with Crippen LogP contribution in [0.3, 0.4) is 0 Å². The van der Waals surface area contributed by atoms with Crippen LogP contribution in [0.4, 0.5) is 0 Å². The van der Waals surface area contributed by atoms with Crippen molar-refractivity contribution < 1.29 is 17.1 Å². The number of hydrogen-bond donors (Lipinski definition) is 0. The average Bonchev–Trinajstić information content (AvgIpc) is 2.96. The predicted molar refractivity (Wildman–Crippen MR) is 77.0 cm³/mol. The Bertz CT molecular complexity index is 1040. The van der Waals surface area contributed by atoms with Gasteiger partial charge in [-0.05, 0) is 25.8 Å². The molecule has 6 nitrogen and oxygen atoms in total. The zero-order valence-electron chi connectivity index (χ0n) is 19.5. The van der Waals surface area contributed by atoms with E-state index in [4.69, 9.17) is 12.3 Å². The summed E-state index contributed by atoms with van der Waals surface area (Å²) in [5.41, 5.74) is -2.61. The zero-order chi connectivity index (χ0) is 22.4. The van der Waals surface area contributed by atoms with Crippen molar-refractivity contribution in [3.63, 3.8) is 0 Å². The van der Waals surface area contributed by atoms with Crippen molar-refractivity contribution in [1.29, 1.82) is 0 Å². The minimum absolute atomic E-state index is 0.0729. The highest BCUT2D eigenvalue weighted by Gasteiger charge is 2.12. The Kier molecular flexibility index (Phi) is 1.80. The van der Waals surface area contributed by atoms with Crippen molar-refractivity contribution in [3.8, 4) is 0 Å². The van der Waals surface area contributed by atoms with Crippen LogP contribution in [0.1, 0.15) is 38.5 Å². The molecule has 2 aromatic heterocycles. The number of nitrogens with zero attached hydrogens (tertiary/aromatic N) is 3. The van der Waals surface area contributed by atoms with Crippen LogP contribution in [-0.2, 0) is 25.3 Å². The highest BCUT2D eigenvalue weighted by atomic mass is 16.2. The minimum Gasteiger partial charge on any atom is -0.337 e. The maximum Gasteiger partial charge on any atom is 0.332 e. The third-order valence-electron chi connectivity index (χ3n) is 3.00. The lowest BCUT2D eigenvalue weighted by Crippen LogP contribution is -2.39. The van der Waals surface area contributed by atoms with Crippen LogP contribution >= 0.6 is 0 Å². The summed E-state index contributed by atoms with van der Waals surface area (Å²) < 4.78 is 67.9. The lowest BCUT2D eigenvalue weighted by Gasteiger charge is -2.09. The molecule has 2 heterocycles. The molecule has 0 unspecified atom stereocenters. The second-order valence-corrected chi connectivity index (χ2v) is 4.38. The van der Waals surface area contributed by atoms with Crippen molar-refractivity contribution in [1.82, 2.24) is 13.7 Å². The van der Waals surface area contributed by atoms with E-state index >= 15 is 0 Å². The Labute approximate surface area is 128 Å². The van der Waals surface area contributed by atoms with Crippen molar-refractivity contribution >= 4 is 16.8 Å². The SMILES string of the molecule is [2H]C([2H])([2H])C(=O)CCCCn1c(=O)c2ccn(C([2H])([2H])[2H])c2n(C([2H])([2H])[2H])c1=O. The zero-order valence-corrected chi connectivity index (χ0v) is 10.5. The maximum absolute atomic E-state index is 12.7. The molecule has 20 heavy (non-hydrogen) atoms. The molecule has 0 aromatic carbocycles. The van der Waals surface area contributed by atoms with E-state index in [1.54, 1.807) is 0 Å². The van der Waals surface area contributed by atoms with Crippen LogP contribution in [0, 0.1) is 0 Å².